The molecule has 25 heavy (non-hydrogen) atoms. The highest BCUT2D eigenvalue weighted by Gasteiger charge is 2.16. The van der Waals surface area contributed by atoms with Crippen molar-refractivity contribution in [3.63, 3.8) is 0 Å². The van der Waals surface area contributed by atoms with Crippen molar-refractivity contribution in [2.24, 2.45) is 7.05 Å². The number of amides is 1. The summed E-state index contributed by atoms with van der Waals surface area (Å²) in [6.07, 6.45) is 0.829. The summed E-state index contributed by atoms with van der Waals surface area (Å²) in [7, 11) is 1.84. The van der Waals surface area contributed by atoms with Gasteiger partial charge in [0.25, 0.3) is 5.91 Å². The van der Waals surface area contributed by atoms with Crippen LogP contribution in [0.2, 0.25) is 0 Å². The third-order valence-electron chi connectivity index (χ3n) is 3.58. The molecule has 0 aliphatic heterocycles. The number of hydrogen-bond donors (Lipinski definition) is 1. The van der Waals surface area contributed by atoms with Crippen molar-refractivity contribution >= 4 is 11.6 Å². The zero-order chi connectivity index (χ0) is 17.8. The van der Waals surface area contributed by atoms with Crippen LogP contribution in [-0.4, -0.2) is 26.8 Å². The Balaban J connectivity index is 1.69. The molecule has 1 unspecified atom stereocenters. The molecule has 3 rings (SSSR count). The summed E-state index contributed by atoms with van der Waals surface area (Å²) in [6.45, 7) is 1.60. The van der Waals surface area contributed by atoms with Gasteiger partial charge in [-0.1, -0.05) is 18.2 Å². The van der Waals surface area contributed by atoms with Gasteiger partial charge in [0.2, 0.25) is 0 Å². The quantitative estimate of drug-likeness (QED) is 0.775. The Morgan fingerprint density at radius 1 is 1.24 bits per heavy atom. The minimum Gasteiger partial charge on any atom is -0.481 e. The van der Waals surface area contributed by atoms with E-state index in [4.69, 9.17) is 4.74 Å². The van der Waals surface area contributed by atoms with Crippen LogP contribution in [0.3, 0.4) is 0 Å². The molecule has 3 aromatic rings. The number of nitrogens with one attached hydrogen (secondary N) is 1. The Labute approximate surface area is 144 Å². The third-order valence-corrected chi connectivity index (χ3v) is 3.58. The highest BCUT2D eigenvalue weighted by molar-refractivity contribution is 5.94. The zero-order valence-electron chi connectivity index (χ0n) is 13.8. The Morgan fingerprint density at radius 3 is 2.76 bits per heavy atom. The van der Waals surface area contributed by atoms with Crippen LogP contribution in [0.1, 0.15) is 6.92 Å². The molecule has 0 fully saturated rings. The van der Waals surface area contributed by atoms with Crippen LogP contribution >= 0.6 is 0 Å². The number of benzene rings is 2. The van der Waals surface area contributed by atoms with E-state index in [0.29, 0.717) is 17.3 Å². The van der Waals surface area contributed by atoms with E-state index < -0.39 is 11.9 Å². The Hall–Kier alpha value is -3.22. The first-order valence-electron chi connectivity index (χ1n) is 7.70. The molecular formula is C18H17FN4O2. The lowest BCUT2D eigenvalue weighted by Gasteiger charge is -2.15. The average molecular weight is 340 g/mol. The number of rotatable bonds is 5. The standard InChI is InChI=1S/C18H17FN4O2/c1-12(25-16-8-4-6-14(19)10-16)18(24)21-15-7-3-5-13(9-15)17-22-20-11-23(17)2/h3-12H,1-2H3,(H,21,24). The van der Waals surface area contributed by atoms with Gasteiger partial charge in [0.1, 0.15) is 17.9 Å². The van der Waals surface area contributed by atoms with Crippen molar-refractivity contribution in [2.75, 3.05) is 5.32 Å². The molecule has 0 aliphatic carbocycles. The summed E-state index contributed by atoms with van der Waals surface area (Å²) in [4.78, 5) is 12.3. The molecule has 1 heterocycles. The Morgan fingerprint density at radius 2 is 2.04 bits per heavy atom. The zero-order valence-corrected chi connectivity index (χ0v) is 13.8. The van der Waals surface area contributed by atoms with Crippen LogP contribution in [0, 0.1) is 5.82 Å². The molecule has 0 aliphatic rings. The number of hydrogen-bond acceptors (Lipinski definition) is 4. The van der Waals surface area contributed by atoms with Crippen molar-refractivity contribution in [1.82, 2.24) is 14.8 Å². The third kappa shape index (κ3) is 4.00. The molecule has 0 radical (unpaired) electrons. The first-order chi connectivity index (χ1) is 12.0. The second-order valence-corrected chi connectivity index (χ2v) is 5.55. The highest BCUT2D eigenvalue weighted by Crippen LogP contribution is 2.20. The lowest BCUT2D eigenvalue weighted by Crippen LogP contribution is -2.30. The monoisotopic (exact) mass is 340 g/mol. The summed E-state index contributed by atoms with van der Waals surface area (Å²) < 4.78 is 20.4. The van der Waals surface area contributed by atoms with Gasteiger partial charge >= 0.3 is 0 Å². The predicted octanol–water partition coefficient (Wildman–Crippen LogP) is 3.03. The molecule has 0 saturated heterocycles. The van der Waals surface area contributed by atoms with Gasteiger partial charge in [-0.3, -0.25) is 4.79 Å². The Kier molecular flexibility index (Phi) is 4.74. The Bertz CT molecular complexity index is 894. The predicted molar refractivity (Wildman–Crippen MR) is 91.6 cm³/mol. The van der Waals surface area contributed by atoms with Crippen molar-refractivity contribution in [1.29, 1.82) is 0 Å². The first-order valence-corrected chi connectivity index (χ1v) is 7.70. The maximum Gasteiger partial charge on any atom is 0.265 e. The van der Waals surface area contributed by atoms with E-state index in [9.17, 15) is 9.18 Å². The molecule has 0 saturated carbocycles. The molecular weight excluding hydrogens is 323 g/mol. The van der Waals surface area contributed by atoms with Crippen molar-refractivity contribution in [3.8, 4) is 17.1 Å². The largest absolute Gasteiger partial charge is 0.481 e. The minimum atomic E-state index is -0.778. The molecule has 1 N–H and O–H groups in total. The van der Waals surface area contributed by atoms with Gasteiger partial charge in [-0.25, -0.2) is 4.39 Å². The number of halogens is 1. The van der Waals surface area contributed by atoms with E-state index in [-0.39, 0.29) is 5.91 Å². The number of aromatic nitrogens is 3. The molecule has 128 valence electrons. The van der Waals surface area contributed by atoms with Crippen molar-refractivity contribution in [2.45, 2.75) is 13.0 Å². The normalized spacial score (nSPS) is 11.8. The lowest BCUT2D eigenvalue weighted by atomic mass is 10.2. The maximum absolute atomic E-state index is 13.2. The minimum absolute atomic E-state index is 0.301. The van der Waals surface area contributed by atoms with Crippen LogP contribution in [0.15, 0.2) is 54.9 Å². The fourth-order valence-corrected chi connectivity index (χ4v) is 2.32. The second-order valence-electron chi connectivity index (χ2n) is 5.55. The first kappa shape index (κ1) is 16.6. The highest BCUT2D eigenvalue weighted by atomic mass is 19.1. The van der Waals surface area contributed by atoms with Crippen LogP contribution < -0.4 is 10.1 Å². The fourth-order valence-electron chi connectivity index (χ4n) is 2.32. The van der Waals surface area contributed by atoms with Gasteiger partial charge in [-0.05, 0) is 31.2 Å². The van der Waals surface area contributed by atoms with Gasteiger partial charge in [-0.15, -0.1) is 10.2 Å². The number of ether oxygens (including phenoxy) is 1. The van der Waals surface area contributed by atoms with E-state index >= 15 is 0 Å². The van der Waals surface area contributed by atoms with Gasteiger partial charge in [-0.2, -0.15) is 0 Å². The summed E-state index contributed by atoms with van der Waals surface area (Å²) in [5.74, 6) is 0.247. The number of nitrogens with zero attached hydrogens (tertiary/aromatic N) is 3. The molecule has 0 bridgehead atoms. The topological polar surface area (TPSA) is 69.0 Å². The second kappa shape index (κ2) is 7.12. The maximum atomic E-state index is 13.2. The average Bonchev–Trinajstić information content (AvgIpc) is 3.01. The molecule has 2 aromatic carbocycles. The molecule has 1 aromatic heterocycles. The van der Waals surface area contributed by atoms with Crippen LogP contribution in [-0.2, 0) is 11.8 Å². The smallest absolute Gasteiger partial charge is 0.265 e. The van der Waals surface area contributed by atoms with E-state index in [1.165, 1.54) is 18.2 Å². The molecule has 7 heteroatoms. The number of carbonyl (C=O) groups is 1. The molecule has 1 amide bonds. The van der Waals surface area contributed by atoms with Gasteiger partial charge in [0, 0.05) is 24.4 Å². The van der Waals surface area contributed by atoms with Gasteiger partial charge in [0.15, 0.2) is 11.9 Å². The lowest BCUT2D eigenvalue weighted by molar-refractivity contribution is -0.122. The van der Waals surface area contributed by atoms with Gasteiger partial charge < -0.3 is 14.6 Å². The van der Waals surface area contributed by atoms with Crippen molar-refractivity contribution < 1.29 is 13.9 Å². The van der Waals surface area contributed by atoms with Gasteiger partial charge in [0.05, 0.1) is 0 Å². The summed E-state index contributed by atoms with van der Waals surface area (Å²) in [6, 6.07) is 12.9. The van der Waals surface area contributed by atoms with Crippen LogP contribution in [0.4, 0.5) is 10.1 Å². The number of anilines is 1. The van der Waals surface area contributed by atoms with Crippen LogP contribution in [0.25, 0.3) is 11.4 Å². The summed E-state index contributed by atoms with van der Waals surface area (Å²) in [5.41, 5.74) is 1.44. The summed E-state index contributed by atoms with van der Waals surface area (Å²) >= 11 is 0. The SMILES string of the molecule is CC(Oc1cccc(F)c1)C(=O)Nc1cccc(-c2nncn2C)c1. The molecule has 1 atom stereocenters. The number of aryl methyl sites for hydroxylation is 1. The molecule has 0 spiro atoms. The van der Waals surface area contributed by atoms with E-state index in [1.807, 2.05) is 19.2 Å². The molecule has 6 nitrogen and oxygen atoms in total. The van der Waals surface area contributed by atoms with Crippen LogP contribution in [0.5, 0.6) is 5.75 Å². The van der Waals surface area contributed by atoms with E-state index in [0.717, 1.165) is 5.56 Å². The summed E-state index contributed by atoms with van der Waals surface area (Å²) in [5, 5.41) is 10.7. The van der Waals surface area contributed by atoms with E-state index in [2.05, 4.69) is 15.5 Å². The fraction of sp³-hybridized carbons (Fsp3) is 0.167. The van der Waals surface area contributed by atoms with E-state index in [1.54, 1.807) is 36.0 Å². The van der Waals surface area contributed by atoms with Crippen molar-refractivity contribution in [3.05, 3.63) is 60.7 Å². The number of carbonyl (C=O) groups excluding carboxylic acids is 1.